The number of rotatable bonds is 11. The van der Waals surface area contributed by atoms with Gasteiger partial charge in [0.15, 0.2) is 17.3 Å². The van der Waals surface area contributed by atoms with E-state index in [4.69, 9.17) is 18.9 Å². The van der Waals surface area contributed by atoms with Crippen molar-refractivity contribution in [2.75, 3.05) is 48.6 Å². The number of carbonyl (C=O) groups is 1. The van der Waals surface area contributed by atoms with Crippen molar-refractivity contribution in [2.45, 2.75) is 6.42 Å². The molecule has 0 unspecified atom stereocenters. The Bertz CT molecular complexity index is 845. The third-order valence-corrected chi connectivity index (χ3v) is 4.29. The highest BCUT2D eigenvalue weighted by Crippen LogP contribution is 2.40. The van der Waals surface area contributed by atoms with Crippen LogP contribution in [0.2, 0.25) is 0 Å². The first-order chi connectivity index (χ1) is 14.0. The lowest BCUT2D eigenvalue weighted by molar-refractivity contribution is 0.104. The fraction of sp³-hybridized carbons (Fsp3) is 0.348. The number of methoxy groups -OCH3 is 3. The van der Waals surface area contributed by atoms with E-state index in [1.54, 1.807) is 45.6 Å². The average molecular weight is 399 g/mol. The summed E-state index contributed by atoms with van der Waals surface area (Å²) >= 11 is 0. The molecule has 0 aliphatic rings. The Morgan fingerprint density at radius 2 is 1.76 bits per heavy atom. The van der Waals surface area contributed by atoms with Crippen molar-refractivity contribution in [3.8, 4) is 23.0 Å². The number of hydrogen-bond donors (Lipinski definition) is 0. The van der Waals surface area contributed by atoms with Crippen molar-refractivity contribution in [1.29, 1.82) is 0 Å². The highest BCUT2D eigenvalue weighted by atomic mass is 16.5. The molecule has 0 fully saturated rings. The predicted molar refractivity (Wildman–Crippen MR) is 115 cm³/mol. The fourth-order valence-corrected chi connectivity index (χ4v) is 2.83. The van der Waals surface area contributed by atoms with Gasteiger partial charge in [-0.25, -0.2) is 0 Å². The molecule has 156 valence electrons. The van der Waals surface area contributed by atoms with Gasteiger partial charge in [0.1, 0.15) is 5.75 Å². The molecule has 0 saturated heterocycles. The van der Waals surface area contributed by atoms with Gasteiger partial charge in [-0.15, -0.1) is 0 Å². The van der Waals surface area contributed by atoms with E-state index in [0.29, 0.717) is 35.2 Å². The lowest BCUT2D eigenvalue weighted by atomic mass is 10.1. The highest BCUT2D eigenvalue weighted by molar-refractivity contribution is 6.07. The maximum absolute atomic E-state index is 12.6. The molecule has 0 heterocycles. The summed E-state index contributed by atoms with van der Waals surface area (Å²) in [5.41, 5.74) is 1.28. The van der Waals surface area contributed by atoms with Gasteiger partial charge in [0.25, 0.3) is 0 Å². The fourth-order valence-electron chi connectivity index (χ4n) is 2.83. The second-order valence-electron chi connectivity index (χ2n) is 6.65. The third kappa shape index (κ3) is 6.26. The molecule has 0 atom stereocenters. The number of allylic oxidation sites excluding steroid dienone is 1. The first-order valence-electron chi connectivity index (χ1n) is 9.39. The van der Waals surface area contributed by atoms with Crippen LogP contribution in [0.15, 0.2) is 42.5 Å². The Labute approximate surface area is 172 Å². The van der Waals surface area contributed by atoms with Crippen molar-refractivity contribution in [1.82, 2.24) is 4.90 Å². The van der Waals surface area contributed by atoms with Crippen molar-refractivity contribution >= 4 is 11.9 Å². The molecule has 6 heteroatoms. The van der Waals surface area contributed by atoms with Crippen LogP contribution in [-0.2, 0) is 0 Å². The molecule has 0 radical (unpaired) electrons. The number of ketones is 1. The second kappa shape index (κ2) is 11.1. The number of nitrogens with zero attached hydrogens (tertiary/aromatic N) is 1. The topological polar surface area (TPSA) is 57.2 Å². The zero-order valence-corrected chi connectivity index (χ0v) is 17.7. The molecular formula is C23H29NO5. The summed E-state index contributed by atoms with van der Waals surface area (Å²) in [5, 5.41) is 0. The summed E-state index contributed by atoms with van der Waals surface area (Å²) in [6.45, 7) is 1.56. The van der Waals surface area contributed by atoms with Crippen LogP contribution in [0.4, 0.5) is 0 Å². The molecule has 0 amide bonds. The van der Waals surface area contributed by atoms with E-state index in [-0.39, 0.29) is 5.78 Å². The van der Waals surface area contributed by atoms with Crippen LogP contribution < -0.4 is 18.9 Å². The van der Waals surface area contributed by atoms with E-state index in [0.717, 1.165) is 18.5 Å². The van der Waals surface area contributed by atoms with E-state index in [1.165, 1.54) is 6.08 Å². The van der Waals surface area contributed by atoms with Crippen LogP contribution in [-0.4, -0.2) is 59.3 Å². The van der Waals surface area contributed by atoms with Crippen LogP contribution in [0, 0.1) is 0 Å². The summed E-state index contributed by atoms with van der Waals surface area (Å²) < 4.78 is 21.9. The SMILES string of the molecule is COc1ccc(C=CC(=O)c2cccc(OCCCN(C)C)c2)c(OC)c1OC. The zero-order valence-electron chi connectivity index (χ0n) is 17.7. The molecule has 2 rings (SSSR count). The summed E-state index contributed by atoms with van der Waals surface area (Å²) in [5.74, 6) is 2.12. The Balaban J connectivity index is 2.12. The van der Waals surface area contributed by atoms with Gasteiger partial charge < -0.3 is 23.8 Å². The minimum Gasteiger partial charge on any atom is -0.494 e. The molecule has 2 aromatic rings. The van der Waals surface area contributed by atoms with E-state index >= 15 is 0 Å². The molecule has 29 heavy (non-hydrogen) atoms. The Kier molecular flexibility index (Phi) is 8.55. The summed E-state index contributed by atoms with van der Waals surface area (Å²) in [6.07, 6.45) is 4.13. The normalized spacial score (nSPS) is 11.0. The first-order valence-corrected chi connectivity index (χ1v) is 9.39. The van der Waals surface area contributed by atoms with E-state index in [2.05, 4.69) is 4.90 Å². The van der Waals surface area contributed by atoms with E-state index < -0.39 is 0 Å². The van der Waals surface area contributed by atoms with Gasteiger partial charge in [-0.1, -0.05) is 12.1 Å². The van der Waals surface area contributed by atoms with E-state index in [1.807, 2.05) is 32.3 Å². The molecule has 0 aliphatic carbocycles. The highest BCUT2D eigenvalue weighted by Gasteiger charge is 2.14. The summed E-state index contributed by atoms with van der Waals surface area (Å²) in [6, 6.07) is 10.8. The van der Waals surface area contributed by atoms with Gasteiger partial charge in [-0.3, -0.25) is 4.79 Å². The van der Waals surface area contributed by atoms with Gasteiger partial charge in [0, 0.05) is 17.7 Å². The largest absolute Gasteiger partial charge is 0.494 e. The smallest absolute Gasteiger partial charge is 0.203 e. The lowest BCUT2D eigenvalue weighted by Crippen LogP contribution is -2.15. The standard InChI is InChI=1S/C23H29NO5/c1-24(2)14-7-15-29-19-9-6-8-18(16-19)20(25)12-10-17-11-13-21(26-3)23(28-5)22(17)27-4/h6,8-13,16H,7,14-15H2,1-5H3. The number of hydrogen-bond acceptors (Lipinski definition) is 6. The van der Waals surface area contributed by atoms with Crippen LogP contribution >= 0.6 is 0 Å². The lowest BCUT2D eigenvalue weighted by Gasteiger charge is -2.14. The summed E-state index contributed by atoms with van der Waals surface area (Å²) in [7, 11) is 8.71. The van der Waals surface area contributed by atoms with Gasteiger partial charge in [0.2, 0.25) is 5.75 Å². The Hall–Kier alpha value is -2.99. The maximum Gasteiger partial charge on any atom is 0.203 e. The minimum atomic E-state index is -0.124. The molecule has 6 nitrogen and oxygen atoms in total. The molecule has 2 aromatic carbocycles. The maximum atomic E-state index is 12.6. The van der Waals surface area contributed by atoms with Gasteiger partial charge in [-0.2, -0.15) is 0 Å². The van der Waals surface area contributed by atoms with Crippen molar-refractivity contribution in [3.63, 3.8) is 0 Å². The van der Waals surface area contributed by atoms with Crippen LogP contribution in [0.5, 0.6) is 23.0 Å². The Morgan fingerprint density at radius 3 is 2.41 bits per heavy atom. The Morgan fingerprint density at radius 1 is 1.00 bits per heavy atom. The zero-order chi connectivity index (χ0) is 21.2. The third-order valence-electron chi connectivity index (χ3n) is 4.29. The van der Waals surface area contributed by atoms with Gasteiger partial charge >= 0.3 is 0 Å². The van der Waals surface area contributed by atoms with Gasteiger partial charge in [-0.05, 0) is 56.9 Å². The predicted octanol–water partition coefficient (Wildman–Crippen LogP) is 3.94. The average Bonchev–Trinajstić information content (AvgIpc) is 2.74. The molecule has 0 aromatic heterocycles. The van der Waals surface area contributed by atoms with Crippen LogP contribution in [0.3, 0.4) is 0 Å². The van der Waals surface area contributed by atoms with Crippen molar-refractivity contribution in [2.24, 2.45) is 0 Å². The molecule has 0 spiro atoms. The number of carbonyl (C=O) groups excluding carboxylic acids is 1. The van der Waals surface area contributed by atoms with Crippen LogP contribution in [0.25, 0.3) is 6.08 Å². The molecular weight excluding hydrogens is 370 g/mol. The molecule has 0 bridgehead atoms. The molecule has 0 saturated carbocycles. The monoisotopic (exact) mass is 399 g/mol. The summed E-state index contributed by atoms with van der Waals surface area (Å²) in [4.78, 5) is 14.7. The minimum absolute atomic E-state index is 0.124. The first kappa shape index (κ1) is 22.3. The molecule has 0 aliphatic heterocycles. The van der Waals surface area contributed by atoms with Crippen molar-refractivity contribution in [3.05, 3.63) is 53.6 Å². The van der Waals surface area contributed by atoms with Crippen molar-refractivity contribution < 1.29 is 23.7 Å². The number of benzene rings is 2. The van der Waals surface area contributed by atoms with Gasteiger partial charge in [0.05, 0.1) is 27.9 Å². The number of ether oxygens (including phenoxy) is 4. The van der Waals surface area contributed by atoms with E-state index in [9.17, 15) is 4.79 Å². The quantitative estimate of drug-likeness (QED) is 0.324. The second-order valence-corrected chi connectivity index (χ2v) is 6.65. The molecule has 0 N–H and O–H groups in total. The van der Waals surface area contributed by atoms with Crippen LogP contribution in [0.1, 0.15) is 22.3 Å².